The van der Waals surface area contributed by atoms with Gasteiger partial charge in [0.1, 0.15) is 5.76 Å². The van der Waals surface area contributed by atoms with Crippen molar-refractivity contribution in [3.05, 3.63) is 60.1 Å². The van der Waals surface area contributed by atoms with E-state index in [1.807, 2.05) is 35.2 Å². The van der Waals surface area contributed by atoms with E-state index in [2.05, 4.69) is 22.8 Å². The molecule has 1 aromatic heterocycles. The number of nitrogens with zero attached hydrogens (tertiary/aromatic N) is 1. The number of carbonyl (C=O) groups is 1. The standard InChI is InChI=1S/C19H23N3O2/c23-18-17(13-15-5-2-1-3-6-15)21-19(8-10-20-11-9-19)22(18)14-16-7-4-12-24-16/h1-7,12,17,20-21H,8-11,13-14H2. The lowest BCUT2D eigenvalue weighted by Gasteiger charge is -2.41. The summed E-state index contributed by atoms with van der Waals surface area (Å²) in [6, 6.07) is 13.9. The maximum absolute atomic E-state index is 13.1. The first-order valence-electron chi connectivity index (χ1n) is 8.63. The van der Waals surface area contributed by atoms with Crippen LogP contribution in [0.3, 0.4) is 0 Å². The molecule has 0 aliphatic carbocycles. The van der Waals surface area contributed by atoms with Gasteiger partial charge in [-0.3, -0.25) is 10.1 Å². The molecule has 5 nitrogen and oxygen atoms in total. The number of nitrogens with one attached hydrogen (secondary N) is 2. The van der Waals surface area contributed by atoms with Gasteiger partial charge in [-0.25, -0.2) is 0 Å². The Morgan fingerprint density at radius 2 is 1.92 bits per heavy atom. The molecule has 2 aliphatic heterocycles. The smallest absolute Gasteiger partial charge is 0.241 e. The molecule has 1 spiro atoms. The van der Waals surface area contributed by atoms with Crippen LogP contribution in [-0.2, 0) is 17.8 Å². The Bertz CT molecular complexity index is 678. The third-order valence-electron chi connectivity index (χ3n) is 5.13. The number of rotatable bonds is 4. The minimum Gasteiger partial charge on any atom is -0.467 e. The third kappa shape index (κ3) is 2.85. The Kier molecular flexibility index (Phi) is 4.12. The number of benzene rings is 1. The van der Waals surface area contributed by atoms with Crippen LogP contribution in [0.2, 0.25) is 0 Å². The molecule has 1 aromatic carbocycles. The van der Waals surface area contributed by atoms with E-state index in [1.54, 1.807) is 6.26 Å². The maximum Gasteiger partial charge on any atom is 0.241 e. The highest BCUT2D eigenvalue weighted by molar-refractivity contribution is 5.85. The predicted molar refractivity (Wildman–Crippen MR) is 91.2 cm³/mol. The summed E-state index contributed by atoms with van der Waals surface area (Å²) < 4.78 is 5.49. The van der Waals surface area contributed by atoms with Gasteiger partial charge in [-0.15, -0.1) is 0 Å². The average Bonchev–Trinajstić information content (AvgIpc) is 3.20. The van der Waals surface area contributed by atoms with Crippen molar-refractivity contribution in [1.29, 1.82) is 0 Å². The summed E-state index contributed by atoms with van der Waals surface area (Å²) >= 11 is 0. The highest BCUT2D eigenvalue weighted by Crippen LogP contribution is 2.32. The van der Waals surface area contributed by atoms with Gasteiger partial charge < -0.3 is 14.6 Å². The van der Waals surface area contributed by atoms with Crippen LogP contribution in [-0.4, -0.2) is 35.6 Å². The molecule has 0 saturated carbocycles. The number of hydrogen-bond acceptors (Lipinski definition) is 4. The first-order valence-corrected chi connectivity index (χ1v) is 8.63. The van der Waals surface area contributed by atoms with Crippen molar-refractivity contribution >= 4 is 5.91 Å². The normalized spacial score (nSPS) is 23.1. The minimum absolute atomic E-state index is 0.166. The number of hydrogen-bond donors (Lipinski definition) is 2. The Morgan fingerprint density at radius 1 is 1.12 bits per heavy atom. The van der Waals surface area contributed by atoms with E-state index in [0.29, 0.717) is 6.54 Å². The van der Waals surface area contributed by atoms with Gasteiger partial charge >= 0.3 is 0 Å². The fraction of sp³-hybridized carbons (Fsp3) is 0.421. The molecule has 24 heavy (non-hydrogen) atoms. The molecule has 0 bridgehead atoms. The van der Waals surface area contributed by atoms with Gasteiger partial charge in [0.2, 0.25) is 5.91 Å². The second-order valence-electron chi connectivity index (χ2n) is 6.67. The van der Waals surface area contributed by atoms with Crippen molar-refractivity contribution in [3.8, 4) is 0 Å². The summed E-state index contributed by atoms with van der Waals surface area (Å²) in [5, 5.41) is 7.06. The third-order valence-corrected chi connectivity index (χ3v) is 5.13. The van der Waals surface area contributed by atoms with Crippen LogP contribution in [0.15, 0.2) is 53.1 Å². The highest BCUT2D eigenvalue weighted by Gasteiger charge is 2.50. The Balaban J connectivity index is 1.58. The van der Waals surface area contributed by atoms with Crippen molar-refractivity contribution < 1.29 is 9.21 Å². The molecule has 3 heterocycles. The monoisotopic (exact) mass is 325 g/mol. The summed E-state index contributed by atoms with van der Waals surface area (Å²) in [5.41, 5.74) is 0.932. The quantitative estimate of drug-likeness (QED) is 0.901. The van der Waals surface area contributed by atoms with Gasteiger partial charge in [-0.05, 0) is 50.0 Å². The molecule has 4 rings (SSSR count). The van der Waals surface area contributed by atoms with E-state index >= 15 is 0 Å². The Hall–Kier alpha value is -2.11. The number of amides is 1. The number of furan rings is 1. The van der Waals surface area contributed by atoms with Gasteiger partial charge in [0.15, 0.2) is 0 Å². The van der Waals surface area contributed by atoms with Crippen LogP contribution in [0.1, 0.15) is 24.2 Å². The van der Waals surface area contributed by atoms with Crippen molar-refractivity contribution in [2.75, 3.05) is 13.1 Å². The van der Waals surface area contributed by atoms with Crippen LogP contribution >= 0.6 is 0 Å². The van der Waals surface area contributed by atoms with Crippen LogP contribution in [0.25, 0.3) is 0 Å². The molecule has 126 valence electrons. The summed E-state index contributed by atoms with van der Waals surface area (Å²) in [5.74, 6) is 1.01. The lowest BCUT2D eigenvalue weighted by molar-refractivity contribution is -0.134. The maximum atomic E-state index is 13.1. The fourth-order valence-electron chi connectivity index (χ4n) is 3.89. The number of carbonyl (C=O) groups excluding carboxylic acids is 1. The first kappa shape index (κ1) is 15.4. The second kappa shape index (κ2) is 6.42. The molecule has 2 saturated heterocycles. The summed E-state index contributed by atoms with van der Waals surface area (Å²) in [4.78, 5) is 15.1. The molecular weight excluding hydrogens is 302 g/mol. The van der Waals surface area contributed by atoms with E-state index in [1.165, 1.54) is 5.56 Å². The second-order valence-corrected chi connectivity index (χ2v) is 6.67. The van der Waals surface area contributed by atoms with E-state index in [0.717, 1.165) is 38.1 Å². The molecule has 2 aromatic rings. The van der Waals surface area contributed by atoms with Gasteiger partial charge in [0.05, 0.1) is 24.5 Å². The summed E-state index contributed by atoms with van der Waals surface area (Å²) in [6.45, 7) is 2.38. The van der Waals surface area contributed by atoms with Crippen LogP contribution in [0, 0.1) is 0 Å². The van der Waals surface area contributed by atoms with Crippen molar-refractivity contribution in [3.63, 3.8) is 0 Å². The number of piperidine rings is 1. The molecule has 2 N–H and O–H groups in total. The van der Waals surface area contributed by atoms with E-state index in [4.69, 9.17) is 4.42 Å². The topological polar surface area (TPSA) is 57.5 Å². The van der Waals surface area contributed by atoms with E-state index in [-0.39, 0.29) is 17.6 Å². The van der Waals surface area contributed by atoms with Crippen LogP contribution in [0.4, 0.5) is 0 Å². The lowest BCUT2D eigenvalue weighted by Crippen LogP contribution is -2.58. The molecule has 1 unspecified atom stereocenters. The molecule has 2 aliphatic rings. The largest absolute Gasteiger partial charge is 0.467 e. The Morgan fingerprint density at radius 3 is 2.62 bits per heavy atom. The zero-order valence-electron chi connectivity index (χ0n) is 13.7. The van der Waals surface area contributed by atoms with Crippen LogP contribution in [0.5, 0.6) is 0 Å². The molecular formula is C19H23N3O2. The van der Waals surface area contributed by atoms with Crippen molar-refractivity contribution in [1.82, 2.24) is 15.5 Å². The van der Waals surface area contributed by atoms with Crippen molar-refractivity contribution in [2.24, 2.45) is 0 Å². The van der Waals surface area contributed by atoms with Crippen LogP contribution < -0.4 is 10.6 Å². The summed E-state index contributed by atoms with van der Waals surface area (Å²) in [7, 11) is 0. The highest BCUT2D eigenvalue weighted by atomic mass is 16.3. The van der Waals surface area contributed by atoms with Crippen molar-refractivity contribution in [2.45, 2.75) is 37.5 Å². The molecule has 0 radical (unpaired) electrons. The van der Waals surface area contributed by atoms with E-state index in [9.17, 15) is 4.79 Å². The fourth-order valence-corrected chi connectivity index (χ4v) is 3.89. The SMILES string of the molecule is O=C1C(Cc2ccccc2)NC2(CCNCC2)N1Cc1ccco1. The van der Waals surface area contributed by atoms with Gasteiger partial charge in [-0.2, -0.15) is 0 Å². The zero-order valence-corrected chi connectivity index (χ0v) is 13.7. The lowest BCUT2D eigenvalue weighted by atomic mass is 9.97. The molecule has 5 heteroatoms. The molecule has 1 amide bonds. The molecule has 1 atom stereocenters. The van der Waals surface area contributed by atoms with Gasteiger partial charge in [0, 0.05) is 0 Å². The minimum atomic E-state index is -0.255. The summed E-state index contributed by atoms with van der Waals surface area (Å²) in [6.07, 6.45) is 4.23. The zero-order chi connectivity index (χ0) is 16.4. The van der Waals surface area contributed by atoms with Gasteiger partial charge in [0.25, 0.3) is 0 Å². The molecule has 2 fully saturated rings. The average molecular weight is 325 g/mol. The first-order chi connectivity index (χ1) is 11.8. The predicted octanol–water partition coefficient (Wildman–Crippen LogP) is 1.90. The van der Waals surface area contributed by atoms with Gasteiger partial charge in [-0.1, -0.05) is 30.3 Å². The van der Waals surface area contributed by atoms with E-state index < -0.39 is 0 Å². The Labute approximate surface area is 142 Å².